The summed E-state index contributed by atoms with van der Waals surface area (Å²) in [5.74, 6) is 0.681. The first-order chi connectivity index (χ1) is 14.0. The van der Waals surface area contributed by atoms with Crippen LogP contribution in [0.1, 0.15) is 34.8 Å². The fourth-order valence-electron chi connectivity index (χ4n) is 3.49. The molecule has 0 aromatic heterocycles. The molecule has 29 heavy (non-hydrogen) atoms. The fraction of sp³-hybridized carbons (Fsp3) is 0.381. The van der Waals surface area contributed by atoms with E-state index in [2.05, 4.69) is 4.72 Å². The molecule has 1 fully saturated rings. The van der Waals surface area contributed by atoms with Gasteiger partial charge in [0, 0.05) is 25.8 Å². The van der Waals surface area contributed by atoms with Crippen molar-refractivity contribution in [3.05, 3.63) is 59.7 Å². The first-order valence-electron chi connectivity index (χ1n) is 9.50. The number of nitrogens with one attached hydrogen (secondary N) is 1. The normalized spacial score (nSPS) is 16.8. The highest BCUT2D eigenvalue weighted by Gasteiger charge is 2.30. The Morgan fingerprint density at radius 3 is 2.41 bits per heavy atom. The van der Waals surface area contributed by atoms with Crippen LogP contribution in [0.15, 0.2) is 53.4 Å². The predicted molar refractivity (Wildman–Crippen MR) is 110 cm³/mol. The summed E-state index contributed by atoms with van der Waals surface area (Å²) in [6.07, 6.45) is 1.83. The summed E-state index contributed by atoms with van der Waals surface area (Å²) in [4.78, 5) is 15.0. The van der Waals surface area contributed by atoms with E-state index in [9.17, 15) is 13.2 Å². The summed E-state index contributed by atoms with van der Waals surface area (Å²) in [6, 6.07) is 13.8. The van der Waals surface area contributed by atoms with Crippen LogP contribution in [-0.4, -0.2) is 53.1 Å². The van der Waals surface area contributed by atoms with E-state index >= 15 is 0 Å². The number of carbonyl (C=O) groups is 1. The van der Waals surface area contributed by atoms with Gasteiger partial charge in [-0.3, -0.25) is 4.79 Å². The molecule has 0 unspecified atom stereocenters. The third kappa shape index (κ3) is 4.95. The van der Waals surface area contributed by atoms with E-state index in [1.165, 1.54) is 19.2 Å². The van der Waals surface area contributed by atoms with Crippen LogP contribution in [-0.2, 0) is 14.8 Å². The van der Waals surface area contributed by atoms with E-state index in [0.717, 1.165) is 24.2 Å². The van der Waals surface area contributed by atoms with Crippen molar-refractivity contribution in [2.45, 2.75) is 23.8 Å². The molecule has 1 atom stereocenters. The molecule has 3 rings (SSSR count). The molecule has 1 saturated heterocycles. The summed E-state index contributed by atoms with van der Waals surface area (Å²) in [5.41, 5.74) is 1.54. The second-order valence-electron chi connectivity index (χ2n) is 6.84. The number of nitrogens with zero attached hydrogens (tertiary/aromatic N) is 1. The van der Waals surface area contributed by atoms with Gasteiger partial charge in [0.15, 0.2) is 0 Å². The summed E-state index contributed by atoms with van der Waals surface area (Å²) in [5, 5.41) is 0. The fourth-order valence-corrected chi connectivity index (χ4v) is 4.50. The molecular weight excluding hydrogens is 392 g/mol. The first kappa shape index (κ1) is 21.3. The highest BCUT2D eigenvalue weighted by Crippen LogP contribution is 2.34. The zero-order valence-electron chi connectivity index (χ0n) is 16.6. The minimum atomic E-state index is -3.62. The SMILES string of the molecule is COCCNS(=O)(=O)c1ccc(C(=O)N2CCC[C@H]2c2ccc(OC)cc2)cc1. The molecule has 1 N–H and O–H groups in total. The van der Waals surface area contributed by atoms with Crippen LogP contribution in [0, 0.1) is 0 Å². The average Bonchev–Trinajstić information content (AvgIpc) is 3.23. The zero-order chi connectivity index (χ0) is 20.9. The molecule has 0 spiro atoms. The predicted octanol–water partition coefficient (Wildman–Crippen LogP) is 2.60. The van der Waals surface area contributed by atoms with Gasteiger partial charge in [0.25, 0.3) is 5.91 Å². The van der Waals surface area contributed by atoms with Crippen LogP contribution in [0.25, 0.3) is 0 Å². The van der Waals surface area contributed by atoms with Gasteiger partial charge in [0.05, 0.1) is 24.7 Å². The lowest BCUT2D eigenvalue weighted by Crippen LogP contribution is -2.30. The lowest BCUT2D eigenvalue weighted by atomic mass is 10.0. The van der Waals surface area contributed by atoms with E-state index in [1.54, 1.807) is 19.2 Å². The molecule has 0 aliphatic carbocycles. The molecule has 7 nitrogen and oxygen atoms in total. The average molecular weight is 419 g/mol. The Kier molecular flexibility index (Phi) is 6.89. The Morgan fingerprint density at radius 2 is 1.79 bits per heavy atom. The highest BCUT2D eigenvalue weighted by molar-refractivity contribution is 7.89. The maximum absolute atomic E-state index is 13.0. The molecule has 1 heterocycles. The molecule has 2 aromatic carbocycles. The van der Waals surface area contributed by atoms with Gasteiger partial charge in [-0.15, -0.1) is 0 Å². The second kappa shape index (κ2) is 9.39. The van der Waals surface area contributed by atoms with Crippen molar-refractivity contribution in [2.75, 3.05) is 33.9 Å². The number of sulfonamides is 1. The summed E-state index contributed by atoms with van der Waals surface area (Å²) < 4.78 is 37.0. The first-order valence-corrected chi connectivity index (χ1v) is 11.0. The molecule has 0 saturated carbocycles. The van der Waals surface area contributed by atoms with Crippen LogP contribution in [0.3, 0.4) is 0 Å². The standard InChI is InChI=1S/C21H26N2O5S/c1-27-15-13-22-29(25,26)19-11-7-17(8-12-19)21(24)23-14-3-4-20(23)16-5-9-18(28-2)10-6-16/h5-12,20,22H,3-4,13-15H2,1-2H3/t20-/m0/s1. The van der Waals surface area contributed by atoms with Gasteiger partial charge >= 0.3 is 0 Å². The quantitative estimate of drug-likeness (QED) is 0.666. The minimum Gasteiger partial charge on any atom is -0.497 e. The third-order valence-corrected chi connectivity index (χ3v) is 6.50. The Balaban J connectivity index is 1.73. The van der Waals surface area contributed by atoms with Gasteiger partial charge in [-0.25, -0.2) is 13.1 Å². The van der Waals surface area contributed by atoms with Crippen LogP contribution in [0.2, 0.25) is 0 Å². The molecule has 156 valence electrons. The van der Waals surface area contributed by atoms with Crippen molar-refractivity contribution in [2.24, 2.45) is 0 Å². The number of benzene rings is 2. The van der Waals surface area contributed by atoms with Crippen LogP contribution >= 0.6 is 0 Å². The maximum Gasteiger partial charge on any atom is 0.254 e. The van der Waals surface area contributed by atoms with Gasteiger partial charge in [0.1, 0.15) is 5.75 Å². The Bertz CT molecular complexity index is 927. The van der Waals surface area contributed by atoms with Gasteiger partial charge in [-0.2, -0.15) is 0 Å². The molecule has 0 bridgehead atoms. The van der Waals surface area contributed by atoms with E-state index in [1.807, 2.05) is 29.2 Å². The molecular formula is C21H26N2O5S. The van der Waals surface area contributed by atoms with Crippen molar-refractivity contribution >= 4 is 15.9 Å². The van der Waals surface area contributed by atoms with E-state index < -0.39 is 10.0 Å². The van der Waals surface area contributed by atoms with Gasteiger partial charge in [-0.05, 0) is 54.8 Å². The van der Waals surface area contributed by atoms with Crippen LogP contribution in [0.5, 0.6) is 5.75 Å². The van der Waals surface area contributed by atoms with Crippen molar-refractivity contribution in [3.8, 4) is 5.75 Å². The lowest BCUT2D eigenvalue weighted by Gasteiger charge is -2.25. The molecule has 2 aromatic rings. The number of amides is 1. The number of methoxy groups -OCH3 is 2. The minimum absolute atomic E-state index is 0.00697. The largest absolute Gasteiger partial charge is 0.497 e. The monoisotopic (exact) mass is 418 g/mol. The molecule has 1 aliphatic heterocycles. The number of carbonyl (C=O) groups excluding carboxylic acids is 1. The topological polar surface area (TPSA) is 84.9 Å². The lowest BCUT2D eigenvalue weighted by molar-refractivity contribution is 0.0735. The number of hydrogen-bond donors (Lipinski definition) is 1. The maximum atomic E-state index is 13.0. The Labute approximate surface area is 171 Å². The Hall–Kier alpha value is -2.42. The number of hydrogen-bond acceptors (Lipinski definition) is 5. The molecule has 1 amide bonds. The van der Waals surface area contributed by atoms with E-state index in [-0.39, 0.29) is 30.0 Å². The smallest absolute Gasteiger partial charge is 0.254 e. The zero-order valence-corrected chi connectivity index (χ0v) is 17.4. The van der Waals surface area contributed by atoms with E-state index in [0.29, 0.717) is 12.1 Å². The molecule has 1 aliphatic rings. The van der Waals surface area contributed by atoms with Crippen molar-refractivity contribution < 1.29 is 22.7 Å². The third-order valence-electron chi connectivity index (χ3n) is 5.02. The second-order valence-corrected chi connectivity index (χ2v) is 8.61. The van der Waals surface area contributed by atoms with Crippen molar-refractivity contribution in [3.63, 3.8) is 0 Å². The number of rotatable bonds is 8. The van der Waals surface area contributed by atoms with Crippen LogP contribution < -0.4 is 9.46 Å². The summed E-state index contributed by atoms with van der Waals surface area (Å²) in [6.45, 7) is 1.16. The van der Waals surface area contributed by atoms with Gasteiger partial charge < -0.3 is 14.4 Å². The number of likely N-dealkylation sites (tertiary alicyclic amines) is 1. The van der Waals surface area contributed by atoms with Crippen LogP contribution in [0.4, 0.5) is 0 Å². The summed E-state index contributed by atoms with van der Waals surface area (Å²) in [7, 11) is -0.493. The van der Waals surface area contributed by atoms with Crippen molar-refractivity contribution in [1.29, 1.82) is 0 Å². The molecule has 8 heteroatoms. The van der Waals surface area contributed by atoms with Crippen molar-refractivity contribution in [1.82, 2.24) is 9.62 Å². The summed E-state index contributed by atoms with van der Waals surface area (Å²) >= 11 is 0. The Morgan fingerprint density at radius 1 is 1.10 bits per heavy atom. The van der Waals surface area contributed by atoms with Gasteiger partial charge in [-0.1, -0.05) is 12.1 Å². The van der Waals surface area contributed by atoms with Gasteiger partial charge in [0.2, 0.25) is 10.0 Å². The highest BCUT2D eigenvalue weighted by atomic mass is 32.2. The van der Waals surface area contributed by atoms with E-state index in [4.69, 9.17) is 9.47 Å². The molecule has 0 radical (unpaired) electrons. The number of ether oxygens (including phenoxy) is 2.